The molecule has 1 aromatic rings. The third kappa shape index (κ3) is 5.11. The summed E-state index contributed by atoms with van der Waals surface area (Å²) in [5.41, 5.74) is 2.28. The van der Waals surface area contributed by atoms with E-state index in [4.69, 9.17) is 16.3 Å². The summed E-state index contributed by atoms with van der Waals surface area (Å²) in [5.74, 6) is 1.55. The van der Waals surface area contributed by atoms with E-state index in [2.05, 4.69) is 31.8 Å². The van der Waals surface area contributed by atoms with Crippen molar-refractivity contribution in [3.63, 3.8) is 0 Å². The molecular weight excluding hydrogens is 246 g/mol. The molecule has 0 aliphatic rings. The van der Waals surface area contributed by atoms with Crippen LogP contribution in [0.1, 0.15) is 25.0 Å². The lowest BCUT2D eigenvalue weighted by Gasteiger charge is -2.15. The largest absolute Gasteiger partial charge is 0.487 e. The number of para-hydroxylation sites is 1. The van der Waals surface area contributed by atoms with Gasteiger partial charge in [-0.05, 0) is 24.9 Å². The number of aryl methyl sites for hydroxylation is 1. The molecule has 0 radical (unpaired) electrons. The van der Waals surface area contributed by atoms with E-state index in [9.17, 15) is 0 Å². The first-order valence-electron chi connectivity index (χ1n) is 6.26. The van der Waals surface area contributed by atoms with E-state index >= 15 is 0 Å². The average Bonchev–Trinajstić information content (AvgIpc) is 2.27. The highest BCUT2D eigenvalue weighted by molar-refractivity contribution is 6.29. The first kappa shape index (κ1) is 15.1. The zero-order valence-electron chi connectivity index (χ0n) is 11.4. The van der Waals surface area contributed by atoms with Gasteiger partial charge in [0.2, 0.25) is 0 Å². The summed E-state index contributed by atoms with van der Waals surface area (Å²) < 4.78 is 5.72. The fourth-order valence-corrected chi connectivity index (χ4v) is 1.76. The van der Waals surface area contributed by atoms with E-state index in [1.54, 1.807) is 0 Å². The van der Waals surface area contributed by atoms with Crippen molar-refractivity contribution >= 4 is 11.6 Å². The van der Waals surface area contributed by atoms with Crippen molar-refractivity contribution in [1.29, 1.82) is 0 Å². The van der Waals surface area contributed by atoms with Crippen LogP contribution in [0.15, 0.2) is 29.8 Å². The van der Waals surface area contributed by atoms with Crippen LogP contribution in [0, 0.1) is 12.8 Å². The van der Waals surface area contributed by atoms with Gasteiger partial charge in [-0.2, -0.15) is 0 Å². The minimum absolute atomic E-state index is 0.351. The molecule has 0 aliphatic carbocycles. The fourth-order valence-electron chi connectivity index (χ4n) is 1.70. The molecule has 1 N–H and O–H groups in total. The molecule has 0 saturated carbocycles. The molecule has 0 aliphatic heterocycles. The molecule has 1 aromatic carbocycles. The van der Waals surface area contributed by atoms with Crippen LogP contribution >= 0.6 is 11.6 Å². The number of ether oxygens (including phenoxy) is 1. The van der Waals surface area contributed by atoms with Crippen molar-refractivity contribution in [3.8, 4) is 5.75 Å². The molecule has 100 valence electrons. The van der Waals surface area contributed by atoms with E-state index in [0.29, 0.717) is 17.6 Å². The van der Waals surface area contributed by atoms with Crippen LogP contribution in [-0.4, -0.2) is 13.2 Å². The van der Waals surface area contributed by atoms with Crippen LogP contribution < -0.4 is 10.1 Å². The van der Waals surface area contributed by atoms with Crippen molar-refractivity contribution in [2.24, 2.45) is 5.92 Å². The molecule has 2 nitrogen and oxygen atoms in total. The second-order valence-electron chi connectivity index (χ2n) is 4.89. The maximum Gasteiger partial charge on any atom is 0.127 e. The standard InChI is InChI=1S/C15H22ClNO/c1-11(2)8-17-9-14-7-5-6-12(3)15(14)18-10-13(4)16/h5-7,11,17H,4,8-10H2,1-3H3. The van der Waals surface area contributed by atoms with E-state index in [0.717, 1.165) is 30.0 Å². The molecule has 0 fully saturated rings. The summed E-state index contributed by atoms with van der Waals surface area (Å²) >= 11 is 5.74. The topological polar surface area (TPSA) is 21.3 Å². The van der Waals surface area contributed by atoms with Gasteiger partial charge in [0.15, 0.2) is 0 Å². The summed E-state index contributed by atoms with van der Waals surface area (Å²) in [6.07, 6.45) is 0. The smallest absolute Gasteiger partial charge is 0.127 e. The first-order valence-corrected chi connectivity index (χ1v) is 6.63. The summed E-state index contributed by atoms with van der Waals surface area (Å²) in [5, 5.41) is 3.93. The van der Waals surface area contributed by atoms with E-state index in [1.165, 1.54) is 0 Å². The van der Waals surface area contributed by atoms with Crippen LogP contribution in [0.3, 0.4) is 0 Å². The molecular formula is C15H22ClNO. The van der Waals surface area contributed by atoms with Crippen molar-refractivity contribution in [2.75, 3.05) is 13.2 Å². The molecule has 0 heterocycles. The molecule has 0 bridgehead atoms. The Hall–Kier alpha value is -0.990. The van der Waals surface area contributed by atoms with Crippen LogP contribution in [-0.2, 0) is 6.54 Å². The lowest BCUT2D eigenvalue weighted by Crippen LogP contribution is -2.19. The molecule has 1 rings (SSSR count). The van der Waals surface area contributed by atoms with Gasteiger partial charge in [-0.25, -0.2) is 0 Å². The van der Waals surface area contributed by atoms with Gasteiger partial charge in [0.25, 0.3) is 0 Å². The predicted octanol–water partition coefficient (Wildman–Crippen LogP) is 3.87. The number of hydrogen-bond acceptors (Lipinski definition) is 2. The minimum Gasteiger partial charge on any atom is -0.487 e. The van der Waals surface area contributed by atoms with Crippen LogP contribution in [0.25, 0.3) is 0 Å². The van der Waals surface area contributed by atoms with Gasteiger partial charge in [0, 0.05) is 17.1 Å². The molecule has 3 heteroatoms. The molecule has 0 saturated heterocycles. The van der Waals surface area contributed by atoms with Gasteiger partial charge >= 0.3 is 0 Å². The second kappa shape index (κ2) is 7.45. The Morgan fingerprint density at radius 3 is 2.78 bits per heavy atom. The third-order valence-corrected chi connectivity index (χ3v) is 2.64. The van der Waals surface area contributed by atoms with Gasteiger partial charge in [-0.15, -0.1) is 0 Å². The minimum atomic E-state index is 0.351. The highest BCUT2D eigenvalue weighted by Gasteiger charge is 2.07. The lowest BCUT2D eigenvalue weighted by molar-refractivity contribution is 0.351. The Kier molecular flexibility index (Phi) is 6.23. The third-order valence-electron chi connectivity index (χ3n) is 2.53. The maximum atomic E-state index is 5.74. The van der Waals surface area contributed by atoms with Crippen molar-refractivity contribution in [2.45, 2.75) is 27.3 Å². The summed E-state index contributed by atoms with van der Waals surface area (Å²) in [6.45, 7) is 12.2. The van der Waals surface area contributed by atoms with Crippen LogP contribution in [0.5, 0.6) is 5.75 Å². The lowest BCUT2D eigenvalue weighted by atomic mass is 10.1. The van der Waals surface area contributed by atoms with Gasteiger partial charge in [0.05, 0.1) is 0 Å². The summed E-state index contributed by atoms with van der Waals surface area (Å²) in [7, 11) is 0. The van der Waals surface area contributed by atoms with Gasteiger partial charge < -0.3 is 10.1 Å². The number of nitrogens with one attached hydrogen (secondary N) is 1. The number of halogens is 1. The predicted molar refractivity (Wildman–Crippen MR) is 78.2 cm³/mol. The van der Waals surface area contributed by atoms with Gasteiger partial charge in [-0.3, -0.25) is 0 Å². The van der Waals surface area contributed by atoms with Gasteiger partial charge in [-0.1, -0.05) is 50.2 Å². The Labute approximate surface area is 115 Å². The molecule has 18 heavy (non-hydrogen) atoms. The Morgan fingerprint density at radius 2 is 2.17 bits per heavy atom. The van der Waals surface area contributed by atoms with Crippen LogP contribution in [0.4, 0.5) is 0 Å². The molecule has 0 atom stereocenters. The van der Waals surface area contributed by atoms with Crippen molar-refractivity contribution in [1.82, 2.24) is 5.32 Å². The maximum absolute atomic E-state index is 5.74. The molecule has 0 amide bonds. The van der Waals surface area contributed by atoms with Crippen LogP contribution in [0.2, 0.25) is 0 Å². The number of rotatable bonds is 7. The van der Waals surface area contributed by atoms with Crippen molar-refractivity contribution in [3.05, 3.63) is 40.9 Å². The first-order chi connectivity index (χ1) is 8.50. The zero-order chi connectivity index (χ0) is 13.5. The fraction of sp³-hybridized carbons (Fsp3) is 0.467. The Balaban J connectivity index is 2.70. The second-order valence-corrected chi connectivity index (χ2v) is 5.43. The monoisotopic (exact) mass is 267 g/mol. The van der Waals surface area contributed by atoms with Crippen molar-refractivity contribution < 1.29 is 4.74 Å². The highest BCUT2D eigenvalue weighted by atomic mass is 35.5. The number of benzene rings is 1. The van der Waals surface area contributed by atoms with E-state index < -0.39 is 0 Å². The SMILES string of the molecule is C=C(Cl)COc1c(C)cccc1CNCC(C)C. The number of hydrogen-bond donors (Lipinski definition) is 1. The quantitative estimate of drug-likeness (QED) is 0.810. The van der Waals surface area contributed by atoms with E-state index in [-0.39, 0.29) is 0 Å². The summed E-state index contributed by atoms with van der Waals surface area (Å²) in [4.78, 5) is 0. The zero-order valence-corrected chi connectivity index (χ0v) is 12.2. The molecule has 0 spiro atoms. The normalized spacial score (nSPS) is 10.7. The van der Waals surface area contributed by atoms with Gasteiger partial charge in [0.1, 0.15) is 12.4 Å². The molecule has 0 unspecified atom stereocenters. The Morgan fingerprint density at radius 1 is 1.44 bits per heavy atom. The molecule has 0 aromatic heterocycles. The van der Waals surface area contributed by atoms with E-state index in [1.807, 2.05) is 19.1 Å². The highest BCUT2D eigenvalue weighted by Crippen LogP contribution is 2.24. The summed E-state index contributed by atoms with van der Waals surface area (Å²) in [6, 6.07) is 6.16. The Bertz CT molecular complexity index is 401. The average molecular weight is 268 g/mol.